The molecule has 0 aliphatic rings. The Kier molecular flexibility index (Phi) is 7.64. The zero-order chi connectivity index (χ0) is 13.9. The Balaban J connectivity index is 2.43. The predicted octanol–water partition coefficient (Wildman–Crippen LogP) is 2.67. The Bertz CT molecular complexity index is 384. The van der Waals surface area contributed by atoms with Crippen molar-refractivity contribution in [2.75, 3.05) is 26.4 Å². The predicted molar refractivity (Wildman–Crippen MR) is 75.1 cm³/mol. The van der Waals surface area contributed by atoms with Crippen molar-refractivity contribution in [3.05, 3.63) is 29.8 Å². The molecule has 0 amide bonds. The standard InChI is InChI=1S/C15H22N2O2/c1-3-18-11-5-10-17-15(12-16)13-6-8-14(9-7-13)19-4-2/h6-9,15,17H,3-5,10-11H2,1-2H3. The van der Waals surface area contributed by atoms with E-state index >= 15 is 0 Å². The van der Waals surface area contributed by atoms with Gasteiger partial charge in [0.05, 0.1) is 12.7 Å². The third kappa shape index (κ3) is 5.73. The van der Waals surface area contributed by atoms with Gasteiger partial charge in [-0.15, -0.1) is 0 Å². The molecule has 0 aliphatic heterocycles. The molecule has 0 aliphatic carbocycles. The van der Waals surface area contributed by atoms with Crippen LogP contribution >= 0.6 is 0 Å². The van der Waals surface area contributed by atoms with Crippen LogP contribution in [0, 0.1) is 11.3 Å². The van der Waals surface area contributed by atoms with E-state index in [9.17, 15) is 5.26 Å². The highest BCUT2D eigenvalue weighted by Gasteiger charge is 2.09. The number of nitrogens with zero attached hydrogens (tertiary/aromatic N) is 1. The van der Waals surface area contributed by atoms with Gasteiger partial charge in [0, 0.05) is 13.2 Å². The first-order valence-corrected chi connectivity index (χ1v) is 6.75. The number of nitriles is 1. The van der Waals surface area contributed by atoms with Crippen LogP contribution in [0.3, 0.4) is 0 Å². The highest BCUT2D eigenvalue weighted by atomic mass is 16.5. The molecule has 0 saturated heterocycles. The summed E-state index contributed by atoms with van der Waals surface area (Å²) in [7, 11) is 0. The maximum Gasteiger partial charge on any atom is 0.121 e. The van der Waals surface area contributed by atoms with Gasteiger partial charge >= 0.3 is 0 Å². The monoisotopic (exact) mass is 262 g/mol. The van der Waals surface area contributed by atoms with E-state index in [1.165, 1.54) is 0 Å². The normalized spacial score (nSPS) is 11.8. The average Bonchev–Trinajstić information content (AvgIpc) is 2.44. The maximum absolute atomic E-state index is 9.18. The molecule has 0 bridgehead atoms. The molecule has 19 heavy (non-hydrogen) atoms. The van der Waals surface area contributed by atoms with Gasteiger partial charge in [0.1, 0.15) is 11.8 Å². The lowest BCUT2D eigenvalue weighted by atomic mass is 10.1. The fraction of sp³-hybridized carbons (Fsp3) is 0.533. The van der Waals surface area contributed by atoms with E-state index < -0.39 is 0 Å². The second kappa shape index (κ2) is 9.37. The highest BCUT2D eigenvalue weighted by Crippen LogP contribution is 2.17. The largest absolute Gasteiger partial charge is 0.494 e. The van der Waals surface area contributed by atoms with Gasteiger partial charge in [0.2, 0.25) is 0 Å². The molecule has 104 valence electrons. The minimum atomic E-state index is -0.280. The third-order valence-electron chi connectivity index (χ3n) is 2.67. The van der Waals surface area contributed by atoms with Crippen LogP contribution in [0.15, 0.2) is 24.3 Å². The van der Waals surface area contributed by atoms with E-state index in [0.29, 0.717) is 6.61 Å². The smallest absolute Gasteiger partial charge is 0.121 e. The zero-order valence-corrected chi connectivity index (χ0v) is 11.7. The highest BCUT2D eigenvalue weighted by molar-refractivity contribution is 5.31. The molecule has 0 aromatic heterocycles. The lowest BCUT2D eigenvalue weighted by Crippen LogP contribution is -2.22. The number of benzene rings is 1. The van der Waals surface area contributed by atoms with Crippen LogP contribution in [-0.2, 0) is 4.74 Å². The zero-order valence-electron chi connectivity index (χ0n) is 11.7. The van der Waals surface area contributed by atoms with Gasteiger partial charge in [-0.3, -0.25) is 5.32 Å². The van der Waals surface area contributed by atoms with Crippen LogP contribution < -0.4 is 10.1 Å². The Morgan fingerprint density at radius 1 is 1.21 bits per heavy atom. The summed E-state index contributed by atoms with van der Waals surface area (Å²) in [6, 6.07) is 9.63. The van der Waals surface area contributed by atoms with E-state index in [0.717, 1.165) is 37.5 Å². The number of hydrogen-bond acceptors (Lipinski definition) is 4. The molecular weight excluding hydrogens is 240 g/mol. The Labute approximate surface area is 115 Å². The van der Waals surface area contributed by atoms with E-state index in [1.807, 2.05) is 38.1 Å². The van der Waals surface area contributed by atoms with Gasteiger partial charge in [0.25, 0.3) is 0 Å². The summed E-state index contributed by atoms with van der Waals surface area (Å²) in [4.78, 5) is 0. The number of ether oxygens (including phenoxy) is 2. The molecule has 4 heteroatoms. The third-order valence-corrected chi connectivity index (χ3v) is 2.67. The summed E-state index contributed by atoms with van der Waals surface area (Å²) < 4.78 is 10.6. The van der Waals surface area contributed by atoms with E-state index in [-0.39, 0.29) is 6.04 Å². The second-order valence-corrected chi connectivity index (χ2v) is 4.07. The number of rotatable bonds is 9. The summed E-state index contributed by atoms with van der Waals surface area (Å²) in [5.41, 5.74) is 0.961. The minimum Gasteiger partial charge on any atom is -0.494 e. The fourth-order valence-corrected chi connectivity index (χ4v) is 1.73. The van der Waals surface area contributed by atoms with Crippen LogP contribution in [0.25, 0.3) is 0 Å². The molecule has 1 rings (SSSR count). The maximum atomic E-state index is 9.18. The summed E-state index contributed by atoms with van der Waals surface area (Å²) in [5.74, 6) is 0.833. The van der Waals surface area contributed by atoms with Crippen LogP contribution in [0.1, 0.15) is 31.9 Å². The van der Waals surface area contributed by atoms with Gasteiger partial charge in [-0.25, -0.2) is 0 Å². The van der Waals surface area contributed by atoms with Crippen molar-refractivity contribution in [3.8, 4) is 11.8 Å². The molecule has 1 unspecified atom stereocenters. The van der Waals surface area contributed by atoms with Gasteiger partial charge in [-0.1, -0.05) is 12.1 Å². The molecule has 0 spiro atoms. The molecule has 1 aromatic rings. The number of hydrogen-bond donors (Lipinski definition) is 1. The summed E-state index contributed by atoms with van der Waals surface area (Å²) in [6.45, 7) is 6.81. The van der Waals surface area contributed by atoms with Crippen LogP contribution in [0.4, 0.5) is 0 Å². The van der Waals surface area contributed by atoms with E-state index in [1.54, 1.807) is 0 Å². The molecule has 1 N–H and O–H groups in total. The first-order chi connectivity index (χ1) is 9.31. The molecule has 1 aromatic carbocycles. The SMILES string of the molecule is CCOCCCNC(C#N)c1ccc(OCC)cc1. The van der Waals surface area contributed by atoms with Crippen molar-refractivity contribution in [2.24, 2.45) is 0 Å². The molecule has 4 nitrogen and oxygen atoms in total. The summed E-state index contributed by atoms with van der Waals surface area (Å²) >= 11 is 0. The molecular formula is C15H22N2O2. The van der Waals surface area contributed by atoms with Crippen molar-refractivity contribution in [1.29, 1.82) is 5.26 Å². The molecule has 0 saturated carbocycles. The lowest BCUT2D eigenvalue weighted by Gasteiger charge is -2.12. The van der Waals surface area contributed by atoms with Crippen molar-refractivity contribution < 1.29 is 9.47 Å². The van der Waals surface area contributed by atoms with Crippen LogP contribution in [0.5, 0.6) is 5.75 Å². The Hall–Kier alpha value is -1.57. The fourth-order valence-electron chi connectivity index (χ4n) is 1.73. The molecule has 0 fully saturated rings. The van der Waals surface area contributed by atoms with Gasteiger partial charge in [0.15, 0.2) is 0 Å². The van der Waals surface area contributed by atoms with Crippen molar-refractivity contribution in [3.63, 3.8) is 0 Å². The molecule has 0 radical (unpaired) electrons. The minimum absolute atomic E-state index is 0.280. The van der Waals surface area contributed by atoms with Crippen LogP contribution in [-0.4, -0.2) is 26.4 Å². The molecule has 1 atom stereocenters. The van der Waals surface area contributed by atoms with Crippen LogP contribution in [0.2, 0.25) is 0 Å². The Morgan fingerprint density at radius 3 is 2.53 bits per heavy atom. The average molecular weight is 262 g/mol. The van der Waals surface area contributed by atoms with E-state index in [4.69, 9.17) is 9.47 Å². The van der Waals surface area contributed by atoms with Gasteiger partial charge in [-0.2, -0.15) is 5.26 Å². The van der Waals surface area contributed by atoms with Crippen molar-refractivity contribution in [1.82, 2.24) is 5.32 Å². The Morgan fingerprint density at radius 2 is 1.95 bits per heavy atom. The van der Waals surface area contributed by atoms with E-state index in [2.05, 4.69) is 11.4 Å². The summed E-state index contributed by atoms with van der Waals surface area (Å²) in [5, 5.41) is 12.4. The quantitative estimate of drug-likeness (QED) is 0.695. The lowest BCUT2D eigenvalue weighted by molar-refractivity contribution is 0.144. The topological polar surface area (TPSA) is 54.3 Å². The van der Waals surface area contributed by atoms with Crippen molar-refractivity contribution >= 4 is 0 Å². The summed E-state index contributed by atoms with van der Waals surface area (Å²) in [6.07, 6.45) is 0.906. The van der Waals surface area contributed by atoms with Gasteiger partial charge < -0.3 is 9.47 Å². The first-order valence-electron chi connectivity index (χ1n) is 6.75. The van der Waals surface area contributed by atoms with Gasteiger partial charge in [-0.05, 0) is 44.5 Å². The number of nitrogens with one attached hydrogen (secondary N) is 1. The molecule has 0 heterocycles. The van der Waals surface area contributed by atoms with Crippen molar-refractivity contribution in [2.45, 2.75) is 26.3 Å². The first kappa shape index (κ1) is 15.5. The second-order valence-electron chi connectivity index (χ2n) is 4.07.